The van der Waals surface area contributed by atoms with Crippen molar-refractivity contribution >= 4 is 12.1 Å². The molecule has 1 saturated heterocycles. The molecular formula is C16H21FN2O. The van der Waals surface area contributed by atoms with Gasteiger partial charge in [0.25, 0.3) is 0 Å². The van der Waals surface area contributed by atoms with Gasteiger partial charge in [-0.2, -0.15) is 0 Å². The van der Waals surface area contributed by atoms with Crippen molar-refractivity contribution in [1.82, 2.24) is 10.2 Å². The molecule has 1 heterocycles. The van der Waals surface area contributed by atoms with Gasteiger partial charge in [0.2, 0.25) is 0 Å². The van der Waals surface area contributed by atoms with Gasteiger partial charge >= 0.3 is 6.03 Å². The largest absolute Gasteiger partial charge is 0.322 e. The third kappa shape index (κ3) is 3.83. The van der Waals surface area contributed by atoms with Crippen molar-refractivity contribution in [3.05, 3.63) is 41.8 Å². The smallest absolute Gasteiger partial charge is 0.321 e. The van der Waals surface area contributed by atoms with Gasteiger partial charge in [0, 0.05) is 18.8 Å². The van der Waals surface area contributed by atoms with Crippen LogP contribution in [0.2, 0.25) is 0 Å². The molecule has 1 unspecified atom stereocenters. The molecular weight excluding hydrogens is 255 g/mol. The predicted octanol–water partition coefficient (Wildman–Crippen LogP) is 3.77. The number of carbonyl (C=O) groups excluding carboxylic acids is 1. The molecule has 2 rings (SSSR count). The number of hydrogen-bond donors (Lipinski definition) is 1. The maximum atomic E-state index is 12.8. The van der Waals surface area contributed by atoms with E-state index in [1.165, 1.54) is 18.6 Å². The van der Waals surface area contributed by atoms with E-state index in [4.69, 9.17) is 0 Å². The fraction of sp³-hybridized carbons (Fsp3) is 0.438. The molecule has 4 heteroatoms. The molecule has 0 aromatic heterocycles. The molecule has 0 radical (unpaired) electrons. The fourth-order valence-electron chi connectivity index (χ4n) is 2.56. The van der Waals surface area contributed by atoms with Crippen LogP contribution in [0.5, 0.6) is 0 Å². The zero-order valence-electron chi connectivity index (χ0n) is 11.8. The SMILES string of the molecule is CCC1CCCCN1C(=O)N/C=C/c1ccc(F)cc1. The maximum absolute atomic E-state index is 12.8. The summed E-state index contributed by atoms with van der Waals surface area (Å²) in [6.07, 6.45) is 7.75. The first-order valence-electron chi connectivity index (χ1n) is 7.20. The highest BCUT2D eigenvalue weighted by molar-refractivity contribution is 5.76. The van der Waals surface area contributed by atoms with Gasteiger partial charge in [0.05, 0.1) is 0 Å². The van der Waals surface area contributed by atoms with Crippen LogP contribution in [0.15, 0.2) is 30.5 Å². The Morgan fingerprint density at radius 3 is 2.85 bits per heavy atom. The minimum absolute atomic E-state index is 0.0464. The van der Waals surface area contributed by atoms with Crippen LogP contribution in [0.4, 0.5) is 9.18 Å². The molecule has 0 bridgehead atoms. The number of amides is 2. The molecule has 1 aliphatic rings. The van der Waals surface area contributed by atoms with Gasteiger partial charge in [-0.05, 0) is 49.5 Å². The maximum Gasteiger partial charge on any atom is 0.321 e. The Balaban J connectivity index is 1.89. The monoisotopic (exact) mass is 276 g/mol. The molecule has 20 heavy (non-hydrogen) atoms. The first-order chi connectivity index (χ1) is 9.70. The summed E-state index contributed by atoms with van der Waals surface area (Å²) in [5, 5.41) is 2.79. The average molecular weight is 276 g/mol. The van der Waals surface area contributed by atoms with Crippen LogP contribution in [0.1, 0.15) is 38.2 Å². The first kappa shape index (κ1) is 14.6. The molecule has 0 spiro atoms. The second-order valence-corrected chi connectivity index (χ2v) is 5.09. The lowest BCUT2D eigenvalue weighted by molar-refractivity contribution is 0.152. The number of nitrogens with one attached hydrogen (secondary N) is 1. The molecule has 108 valence electrons. The average Bonchev–Trinajstić information content (AvgIpc) is 2.49. The van der Waals surface area contributed by atoms with Crippen molar-refractivity contribution in [2.24, 2.45) is 0 Å². The Bertz CT molecular complexity index is 470. The van der Waals surface area contributed by atoms with Gasteiger partial charge in [-0.15, -0.1) is 0 Å². The van der Waals surface area contributed by atoms with E-state index >= 15 is 0 Å². The zero-order chi connectivity index (χ0) is 14.4. The zero-order valence-corrected chi connectivity index (χ0v) is 11.8. The van der Waals surface area contributed by atoms with Crippen molar-refractivity contribution in [3.8, 4) is 0 Å². The second kappa shape index (κ2) is 7.08. The Kier molecular flexibility index (Phi) is 5.16. The van der Waals surface area contributed by atoms with Crippen molar-refractivity contribution in [1.29, 1.82) is 0 Å². The predicted molar refractivity (Wildman–Crippen MR) is 78.6 cm³/mol. The standard InChI is InChI=1S/C16H21FN2O/c1-2-15-5-3-4-12-19(15)16(20)18-11-10-13-6-8-14(17)9-7-13/h6-11,15H,2-5,12H2,1H3,(H,18,20)/b11-10+. The number of halogens is 1. The van der Waals surface area contributed by atoms with Crippen LogP contribution < -0.4 is 5.32 Å². The third-order valence-electron chi connectivity index (χ3n) is 3.71. The summed E-state index contributed by atoms with van der Waals surface area (Å²) < 4.78 is 12.8. The van der Waals surface area contributed by atoms with Crippen LogP contribution in [-0.2, 0) is 0 Å². The highest BCUT2D eigenvalue weighted by Crippen LogP contribution is 2.19. The van der Waals surface area contributed by atoms with Crippen molar-refractivity contribution in [2.75, 3.05) is 6.54 Å². The van der Waals surface area contributed by atoms with E-state index in [1.807, 2.05) is 4.90 Å². The highest BCUT2D eigenvalue weighted by atomic mass is 19.1. The molecule has 1 aromatic carbocycles. The molecule has 1 fully saturated rings. The van der Waals surface area contributed by atoms with Crippen LogP contribution in [0.3, 0.4) is 0 Å². The molecule has 0 saturated carbocycles. The number of hydrogen-bond acceptors (Lipinski definition) is 1. The second-order valence-electron chi connectivity index (χ2n) is 5.09. The Labute approximate surface area is 119 Å². The molecule has 0 aliphatic carbocycles. The van der Waals surface area contributed by atoms with Crippen LogP contribution in [0.25, 0.3) is 6.08 Å². The van der Waals surface area contributed by atoms with Gasteiger partial charge in [-0.1, -0.05) is 19.1 Å². The van der Waals surface area contributed by atoms with Crippen LogP contribution in [0, 0.1) is 5.82 Å². The molecule has 1 N–H and O–H groups in total. The Morgan fingerprint density at radius 2 is 2.15 bits per heavy atom. The van der Waals surface area contributed by atoms with Gasteiger partial charge in [-0.3, -0.25) is 0 Å². The number of urea groups is 1. The summed E-state index contributed by atoms with van der Waals surface area (Å²) in [4.78, 5) is 14.0. The molecule has 1 atom stereocenters. The topological polar surface area (TPSA) is 32.3 Å². The van der Waals surface area contributed by atoms with E-state index in [0.29, 0.717) is 6.04 Å². The number of benzene rings is 1. The molecule has 1 aliphatic heterocycles. The highest BCUT2D eigenvalue weighted by Gasteiger charge is 2.24. The third-order valence-corrected chi connectivity index (χ3v) is 3.71. The van der Waals surface area contributed by atoms with Crippen molar-refractivity contribution in [3.63, 3.8) is 0 Å². The summed E-state index contributed by atoms with van der Waals surface area (Å²) in [5.41, 5.74) is 0.859. The van der Waals surface area contributed by atoms with E-state index in [0.717, 1.165) is 31.4 Å². The number of likely N-dealkylation sites (tertiary alicyclic amines) is 1. The van der Waals surface area contributed by atoms with Gasteiger partial charge in [0.1, 0.15) is 5.82 Å². The lowest BCUT2D eigenvalue weighted by Gasteiger charge is -2.34. The van der Waals surface area contributed by atoms with E-state index in [2.05, 4.69) is 12.2 Å². The van der Waals surface area contributed by atoms with Gasteiger partial charge < -0.3 is 10.2 Å². The van der Waals surface area contributed by atoms with Crippen LogP contribution in [-0.4, -0.2) is 23.5 Å². The Hall–Kier alpha value is -1.84. The number of piperidine rings is 1. The Morgan fingerprint density at radius 1 is 1.40 bits per heavy atom. The normalized spacial score (nSPS) is 19.3. The number of nitrogens with zero attached hydrogens (tertiary/aromatic N) is 1. The van der Waals surface area contributed by atoms with Gasteiger partial charge in [-0.25, -0.2) is 9.18 Å². The van der Waals surface area contributed by atoms with Crippen LogP contribution >= 0.6 is 0 Å². The minimum atomic E-state index is -0.259. The van der Waals surface area contributed by atoms with E-state index in [1.54, 1.807) is 24.4 Å². The lowest BCUT2D eigenvalue weighted by atomic mass is 10.0. The summed E-state index contributed by atoms with van der Waals surface area (Å²) in [7, 11) is 0. The lowest BCUT2D eigenvalue weighted by Crippen LogP contribution is -2.47. The van der Waals surface area contributed by atoms with Crippen molar-refractivity contribution in [2.45, 2.75) is 38.6 Å². The molecule has 1 aromatic rings. The fourth-order valence-corrected chi connectivity index (χ4v) is 2.56. The summed E-state index contributed by atoms with van der Waals surface area (Å²) in [6.45, 7) is 2.94. The molecule has 2 amide bonds. The van der Waals surface area contributed by atoms with Gasteiger partial charge in [0.15, 0.2) is 0 Å². The number of rotatable bonds is 3. The molecule has 3 nitrogen and oxygen atoms in total. The van der Waals surface area contributed by atoms with Crippen molar-refractivity contribution < 1.29 is 9.18 Å². The summed E-state index contributed by atoms with van der Waals surface area (Å²) in [6, 6.07) is 6.46. The first-order valence-corrected chi connectivity index (χ1v) is 7.20. The van der Waals surface area contributed by atoms with E-state index < -0.39 is 0 Å². The quantitative estimate of drug-likeness (QED) is 0.895. The van der Waals surface area contributed by atoms with E-state index in [9.17, 15) is 9.18 Å². The van der Waals surface area contributed by atoms with E-state index in [-0.39, 0.29) is 11.8 Å². The number of carbonyl (C=O) groups is 1. The minimum Gasteiger partial charge on any atom is -0.322 e. The summed E-state index contributed by atoms with van der Waals surface area (Å²) >= 11 is 0. The summed E-state index contributed by atoms with van der Waals surface area (Å²) in [5.74, 6) is -0.259.